The van der Waals surface area contributed by atoms with E-state index in [1.165, 1.54) is 30.0 Å². The van der Waals surface area contributed by atoms with Crippen LogP contribution in [0.2, 0.25) is 0 Å². The summed E-state index contributed by atoms with van der Waals surface area (Å²) in [4.78, 5) is 27.9. The Kier molecular flexibility index (Phi) is 6.97. The molecule has 0 saturated carbocycles. The van der Waals surface area contributed by atoms with Gasteiger partial charge in [-0.3, -0.25) is 9.59 Å². The average molecular weight is 476 g/mol. The first-order valence-electron chi connectivity index (χ1n) is 10.8. The van der Waals surface area contributed by atoms with Gasteiger partial charge in [-0.2, -0.15) is 13.2 Å². The van der Waals surface area contributed by atoms with Crippen molar-refractivity contribution in [1.29, 1.82) is 0 Å². The zero-order chi connectivity index (χ0) is 23.4. The molecule has 0 unspecified atom stereocenters. The van der Waals surface area contributed by atoms with E-state index in [4.69, 9.17) is 0 Å². The van der Waals surface area contributed by atoms with Gasteiger partial charge in [-0.1, -0.05) is 30.3 Å². The van der Waals surface area contributed by atoms with Crippen LogP contribution in [-0.2, 0) is 22.3 Å². The zero-order valence-corrected chi connectivity index (χ0v) is 18.7. The number of anilines is 1. The van der Waals surface area contributed by atoms with E-state index in [0.717, 1.165) is 54.2 Å². The normalized spacial score (nSPS) is 14.5. The predicted octanol–water partition coefficient (Wildman–Crippen LogP) is 5.40. The topological polar surface area (TPSA) is 54.3 Å². The van der Waals surface area contributed by atoms with E-state index in [-0.39, 0.29) is 23.9 Å². The van der Waals surface area contributed by atoms with E-state index in [9.17, 15) is 22.8 Å². The molecule has 0 aliphatic carbocycles. The Morgan fingerprint density at radius 2 is 1.67 bits per heavy atom. The van der Waals surface area contributed by atoms with E-state index in [1.54, 1.807) is 0 Å². The summed E-state index contributed by atoms with van der Waals surface area (Å²) >= 11 is 1.24. The smallest absolute Gasteiger partial charge is 0.341 e. The molecule has 4 rings (SSSR count). The Hall–Kier alpha value is -2.94. The van der Waals surface area contributed by atoms with Crippen molar-refractivity contribution in [1.82, 2.24) is 9.47 Å². The molecule has 0 radical (unpaired) electrons. The standard InChI is InChI=1S/C24H24F3N3O2S/c25-24(26,27)18-9-3-4-10-19(18)28-22(31)16-33-21-14-30(20-11-5-2-8-17(20)21)15-23(32)29-12-6-1-7-13-29/h2-5,8-11,14H,1,6-7,12-13,15-16H2,(H,28,31). The number of nitrogens with zero attached hydrogens (tertiary/aromatic N) is 2. The molecule has 2 heterocycles. The summed E-state index contributed by atoms with van der Waals surface area (Å²) in [6, 6.07) is 12.5. The van der Waals surface area contributed by atoms with Gasteiger partial charge in [0, 0.05) is 35.1 Å². The molecule has 0 spiro atoms. The highest BCUT2D eigenvalue weighted by molar-refractivity contribution is 8.00. The monoisotopic (exact) mass is 475 g/mol. The predicted molar refractivity (Wildman–Crippen MR) is 123 cm³/mol. The first-order valence-corrected chi connectivity index (χ1v) is 11.8. The maximum Gasteiger partial charge on any atom is 0.418 e. The molecular formula is C24H24F3N3O2S. The van der Waals surface area contributed by atoms with E-state index < -0.39 is 17.6 Å². The van der Waals surface area contributed by atoms with E-state index in [0.29, 0.717) is 0 Å². The average Bonchev–Trinajstić information content (AvgIpc) is 3.15. The number of rotatable bonds is 6. The Morgan fingerprint density at radius 3 is 2.42 bits per heavy atom. The Morgan fingerprint density at radius 1 is 0.970 bits per heavy atom. The van der Waals surface area contributed by atoms with Crippen molar-refractivity contribution in [3.8, 4) is 0 Å². The molecule has 33 heavy (non-hydrogen) atoms. The molecule has 1 aromatic heterocycles. The number of carbonyl (C=O) groups is 2. The summed E-state index contributed by atoms with van der Waals surface area (Å²) in [5, 5.41) is 3.27. The number of alkyl halides is 3. The number of fused-ring (bicyclic) bond motifs is 1. The molecule has 0 atom stereocenters. The molecule has 3 aromatic rings. The lowest BCUT2D eigenvalue weighted by molar-refractivity contribution is -0.137. The molecule has 1 saturated heterocycles. The molecular weight excluding hydrogens is 451 g/mol. The van der Waals surface area contributed by atoms with Gasteiger partial charge < -0.3 is 14.8 Å². The summed E-state index contributed by atoms with van der Waals surface area (Å²) < 4.78 is 41.4. The Labute approximate surface area is 193 Å². The van der Waals surface area contributed by atoms with Gasteiger partial charge in [0.15, 0.2) is 0 Å². The van der Waals surface area contributed by atoms with Crippen LogP contribution in [0.15, 0.2) is 59.6 Å². The molecule has 1 aliphatic rings. The van der Waals surface area contributed by atoms with Gasteiger partial charge in [-0.15, -0.1) is 11.8 Å². The van der Waals surface area contributed by atoms with Crippen molar-refractivity contribution in [2.45, 2.75) is 36.9 Å². The number of benzene rings is 2. The molecule has 9 heteroatoms. The number of likely N-dealkylation sites (tertiary alicyclic amines) is 1. The highest BCUT2D eigenvalue weighted by Gasteiger charge is 2.33. The lowest BCUT2D eigenvalue weighted by atomic mass is 10.1. The van der Waals surface area contributed by atoms with E-state index in [1.807, 2.05) is 39.9 Å². The van der Waals surface area contributed by atoms with Crippen LogP contribution in [0.25, 0.3) is 10.9 Å². The second kappa shape index (κ2) is 9.91. The van der Waals surface area contributed by atoms with Crippen LogP contribution in [0.4, 0.5) is 18.9 Å². The number of hydrogen-bond acceptors (Lipinski definition) is 3. The van der Waals surface area contributed by atoms with Crippen molar-refractivity contribution in [2.75, 3.05) is 24.2 Å². The summed E-state index contributed by atoms with van der Waals surface area (Å²) in [5.74, 6) is -0.522. The second-order valence-corrected chi connectivity index (χ2v) is 8.98. The second-order valence-electron chi connectivity index (χ2n) is 7.96. The lowest BCUT2D eigenvalue weighted by Crippen LogP contribution is -2.37. The SMILES string of the molecule is O=C(CSc1cn(CC(=O)N2CCCCC2)c2ccccc12)Nc1ccccc1C(F)(F)F. The molecule has 2 amide bonds. The molecule has 1 N–H and O–H groups in total. The van der Waals surface area contributed by atoms with Gasteiger partial charge in [-0.25, -0.2) is 0 Å². The summed E-state index contributed by atoms with van der Waals surface area (Å²) in [6.07, 6.45) is 0.476. The third-order valence-corrected chi connectivity index (χ3v) is 6.67. The van der Waals surface area contributed by atoms with E-state index >= 15 is 0 Å². The molecule has 5 nitrogen and oxygen atoms in total. The zero-order valence-electron chi connectivity index (χ0n) is 17.9. The third-order valence-electron chi connectivity index (χ3n) is 5.63. The number of amides is 2. The number of hydrogen-bond donors (Lipinski definition) is 1. The maximum absolute atomic E-state index is 13.2. The van der Waals surface area contributed by atoms with Crippen LogP contribution >= 0.6 is 11.8 Å². The highest BCUT2D eigenvalue weighted by atomic mass is 32.2. The molecule has 2 aromatic carbocycles. The van der Waals surface area contributed by atoms with Crippen molar-refractivity contribution >= 4 is 40.2 Å². The summed E-state index contributed by atoms with van der Waals surface area (Å²) in [7, 11) is 0. The molecule has 174 valence electrons. The molecule has 1 fully saturated rings. The van der Waals surface area contributed by atoms with Gasteiger partial charge in [-0.05, 0) is 37.5 Å². The van der Waals surface area contributed by atoms with Gasteiger partial charge in [0.2, 0.25) is 11.8 Å². The Balaban J connectivity index is 1.46. The number of halogens is 3. The van der Waals surface area contributed by atoms with Gasteiger partial charge in [0.1, 0.15) is 6.54 Å². The van der Waals surface area contributed by atoms with Gasteiger partial charge >= 0.3 is 6.18 Å². The van der Waals surface area contributed by atoms with Crippen LogP contribution in [0, 0.1) is 0 Å². The summed E-state index contributed by atoms with van der Waals surface area (Å²) in [6.45, 7) is 1.77. The third kappa shape index (κ3) is 5.52. The number of thioether (sulfide) groups is 1. The van der Waals surface area contributed by atoms with Crippen molar-refractivity contribution in [3.63, 3.8) is 0 Å². The van der Waals surface area contributed by atoms with Crippen LogP contribution in [-0.4, -0.2) is 40.1 Å². The minimum absolute atomic E-state index is 0.0553. The Bertz CT molecular complexity index is 1150. The van der Waals surface area contributed by atoms with Gasteiger partial charge in [0.25, 0.3) is 0 Å². The maximum atomic E-state index is 13.2. The van der Waals surface area contributed by atoms with Crippen LogP contribution in [0.1, 0.15) is 24.8 Å². The molecule has 0 bridgehead atoms. The van der Waals surface area contributed by atoms with Crippen molar-refractivity contribution in [3.05, 3.63) is 60.3 Å². The summed E-state index contributed by atoms with van der Waals surface area (Å²) in [5.41, 5.74) is -0.255. The number of para-hydroxylation sites is 2. The number of nitrogens with one attached hydrogen (secondary N) is 1. The number of carbonyl (C=O) groups excluding carboxylic acids is 2. The van der Waals surface area contributed by atoms with E-state index in [2.05, 4.69) is 5.32 Å². The quantitative estimate of drug-likeness (QED) is 0.486. The van der Waals surface area contributed by atoms with Crippen LogP contribution in [0.3, 0.4) is 0 Å². The first-order chi connectivity index (χ1) is 15.8. The molecule has 1 aliphatic heterocycles. The number of aromatic nitrogens is 1. The van der Waals surface area contributed by atoms with Crippen LogP contribution < -0.4 is 5.32 Å². The minimum Gasteiger partial charge on any atom is -0.341 e. The lowest BCUT2D eigenvalue weighted by Gasteiger charge is -2.27. The fraction of sp³-hybridized carbons (Fsp3) is 0.333. The number of piperidine rings is 1. The van der Waals surface area contributed by atoms with Crippen LogP contribution in [0.5, 0.6) is 0 Å². The minimum atomic E-state index is -4.55. The van der Waals surface area contributed by atoms with Gasteiger partial charge in [0.05, 0.1) is 17.0 Å². The van der Waals surface area contributed by atoms with Crippen molar-refractivity contribution in [2.24, 2.45) is 0 Å². The fourth-order valence-electron chi connectivity index (χ4n) is 4.02. The fourth-order valence-corrected chi connectivity index (χ4v) is 4.91. The highest BCUT2D eigenvalue weighted by Crippen LogP contribution is 2.35. The first kappa shape index (κ1) is 23.2. The van der Waals surface area contributed by atoms with Crippen molar-refractivity contribution < 1.29 is 22.8 Å². The largest absolute Gasteiger partial charge is 0.418 e.